The second-order valence-electron chi connectivity index (χ2n) is 9.30. The van der Waals surface area contributed by atoms with Crippen LogP contribution in [0.15, 0.2) is 43.0 Å². The van der Waals surface area contributed by atoms with Gasteiger partial charge < -0.3 is 14.6 Å². The summed E-state index contributed by atoms with van der Waals surface area (Å²) in [7, 11) is 0. The minimum absolute atomic E-state index is 0.0250. The highest BCUT2D eigenvalue weighted by atomic mass is 35.5. The topological polar surface area (TPSA) is 115 Å². The van der Waals surface area contributed by atoms with Gasteiger partial charge in [-0.3, -0.25) is 4.79 Å². The van der Waals surface area contributed by atoms with Crippen LogP contribution in [0.2, 0.25) is 5.02 Å². The number of ether oxygens (including phenoxy) is 1. The Bertz CT molecular complexity index is 1570. The number of H-pyrrole nitrogens is 1. The van der Waals surface area contributed by atoms with Crippen molar-refractivity contribution >= 4 is 23.1 Å². The van der Waals surface area contributed by atoms with Gasteiger partial charge in [-0.2, -0.15) is 4.68 Å². The fraction of sp³-hybridized carbons (Fsp3) is 0.280. The van der Waals surface area contributed by atoms with Crippen molar-refractivity contribution in [3.05, 3.63) is 70.8 Å². The van der Waals surface area contributed by atoms with E-state index >= 15 is 4.39 Å². The largest absolute Gasteiger partial charge is 0.477 e. The van der Waals surface area contributed by atoms with E-state index in [1.807, 2.05) is 11.0 Å². The number of rotatable bonds is 4. The van der Waals surface area contributed by atoms with Crippen LogP contribution in [0.5, 0.6) is 5.88 Å². The predicted molar refractivity (Wildman–Crippen MR) is 130 cm³/mol. The van der Waals surface area contributed by atoms with Gasteiger partial charge in [-0.1, -0.05) is 11.6 Å². The molecule has 1 N–H and O–H groups in total. The lowest BCUT2D eigenvalue weighted by Gasteiger charge is -2.33. The zero-order valence-corrected chi connectivity index (χ0v) is 20.2. The number of imidazole rings is 1. The van der Waals surface area contributed by atoms with E-state index in [2.05, 4.69) is 30.5 Å². The van der Waals surface area contributed by atoms with Gasteiger partial charge in [0.1, 0.15) is 12.2 Å². The Labute approximate surface area is 215 Å². The number of pyridine rings is 1. The first kappa shape index (κ1) is 22.1. The molecule has 0 bridgehead atoms. The van der Waals surface area contributed by atoms with Crippen molar-refractivity contribution < 1.29 is 13.9 Å². The van der Waals surface area contributed by atoms with Crippen molar-refractivity contribution in [2.24, 2.45) is 0 Å². The normalized spacial score (nSPS) is 20.5. The van der Waals surface area contributed by atoms with Gasteiger partial charge in [0.25, 0.3) is 0 Å². The maximum absolute atomic E-state index is 15.3. The molecular formula is C25H20ClFN8O2. The molecule has 0 aliphatic carbocycles. The predicted octanol–water partition coefficient (Wildman–Crippen LogP) is 3.69. The first-order valence-electron chi connectivity index (χ1n) is 12.0. The van der Waals surface area contributed by atoms with Crippen LogP contribution in [0.25, 0.3) is 22.5 Å². The van der Waals surface area contributed by atoms with E-state index in [0.717, 1.165) is 41.9 Å². The molecule has 2 unspecified atom stereocenters. The summed E-state index contributed by atoms with van der Waals surface area (Å²) in [6.45, 7) is 0.615. The van der Waals surface area contributed by atoms with Crippen LogP contribution in [0.4, 0.5) is 4.39 Å². The molecule has 0 saturated carbocycles. The molecule has 3 aliphatic heterocycles. The number of carbonyl (C=O) groups is 1. The van der Waals surface area contributed by atoms with Crippen LogP contribution in [0, 0.1) is 5.82 Å². The monoisotopic (exact) mass is 518 g/mol. The van der Waals surface area contributed by atoms with Crippen LogP contribution in [-0.2, 0) is 11.2 Å². The molecule has 1 saturated heterocycles. The molecule has 0 spiro atoms. The summed E-state index contributed by atoms with van der Waals surface area (Å²) < 4.78 is 22.3. The van der Waals surface area contributed by atoms with Gasteiger partial charge >= 0.3 is 0 Å². The third-order valence-corrected chi connectivity index (χ3v) is 7.60. The molecule has 37 heavy (non-hydrogen) atoms. The van der Waals surface area contributed by atoms with Gasteiger partial charge in [0.2, 0.25) is 11.8 Å². The maximum atomic E-state index is 15.3. The number of nitrogens with zero attached hydrogens (tertiary/aromatic N) is 7. The van der Waals surface area contributed by atoms with Gasteiger partial charge in [0, 0.05) is 41.4 Å². The second kappa shape index (κ2) is 8.48. The molecule has 0 radical (unpaired) electrons. The highest BCUT2D eigenvalue weighted by Gasteiger charge is 2.42. The molecule has 3 aliphatic rings. The van der Waals surface area contributed by atoms with Crippen molar-refractivity contribution in [2.75, 3.05) is 6.61 Å². The molecule has 3 aromatic heterocycles. The first-order valence-corrected chi connectivity index (χ1v) is 12.4. The Morgan fingerprint density at radius 2 is 2.11 bits per heavy atom. The molecule has 1 amide bonds. The van der Waals surface area contributed by atoms with Gasteiger partial charge in [0.05, 0.1) is 35.2 Å². The van der Waals surface area contributed by atoms with Gasteiger partial charge in [-0.05, 0) is 53.5 Å². The second-order valence-corrected chi connectivity index (χ2v) is 9.71. The number of fused-ring (bicyclic) bond motifs is 2. The number of tetrazole rings is 1. The van der Waals surface area contributed by atoms with Crippen molar-refractivity contribution in [3.8, 4) is 22.8 Å². The lowest BCUT2D eigenvalue weighted by atomic mass is 9.92. The van der Waals surface area contributed by atoms with Crippen LogP contribution < -0.4 is 4.74 Å². The van der Waals surface area contributed by atoms with Gasteiger partial charge in [-0.15, -0.1) is 5.10 Å². The van der Waals surface area contributed by atoms with Gasteiger partial charge in [0.15, 0.2) is 5.82 Å². The van der Waals surface area contributed by atoms with Gasteiger partial charge in [-0.25, -0.2) is 14.4 Å². The Kier molecular flexibility index (Phi) is 5.07. The van der Waals surface area contributed by atoms with E-state index in [0.29, 0.717) is 30.2 Å². The highest BCUT2D eigenvalue weighted by Crippen LogP contribution is 2.44. The third kappa shape index (κ3) is 3.52. The number of aromatic nitrogens is 7. The molecule has 10 nitrogen and oxygen atoms in total. The maximum Gasteiger partial charge on any atom is 0.247 e. The molecule has 1 fully saturated rings. The third-order valence-electron chi connectivity index (χ3n) is 7.31. The van der Waals surface area contributed by atoms with E-state index in [1.165, 1.54) is 23.2 Å². The molecular weight excluding hydrogens is 499 g/mol. The Morgan fingerprint density at radius 3 is 2.97 bits per heavy atom. The Hall–Kier alpha value is -4.12. The van der Waals surface area contributed by atoms with E-state index in [9.17, 15) is 4.79 Å². The first-order chi connectivity index (χ1) is 18.1. The number of hydrogen-bond acceptors (Lipinski definition) is 7. The number of carbonyl (C=O) groups excluding carboxylic acids is 1. The molecule has 6 heterocycles. The lowest BCUT2D eigenvalue weighted by Crippen LogP contribution is -2.39. The van der Waals surface area contributed by atoms with Crippen molar-refractivity contribution in [3.63, 3.8) is 0 Å². The SMILES string of the molecule is O=C1C=C(c2c(-n3cnnn3)ccc(Cl)c2F)CC2CCC(c3ncc(-c4ccnc5c4CCO5)[nH]3)N12. The summed E-state index contributed by atoms with van der Waals surface area (Å²) in [5.41, 5.74) is 4.18. The van der Waals surface area contributed by atoms with E-state index in [-0.39, 0.29) is 28.6 Å². The van der Waals surface area contributed by atoms with Crippen LogP contribution >= 0.6 is 11.6 Å². The number of aromatic amines is 1. The summed E-state index contributed by atoms with van der Waals surface area (Å²) in [6, 6.07) is 4.77. The fourth-order valence-corrected chi connectivity index (χ4v) is 5.85. The summed E-state index contributed by atoms with van der Waals surface area (Å²) in [5, 5.41) is 11.2. The van der Waals surface area contributed by atoms with Crippen LogP contribution in [0.1, 0.15) is 42.3 Å². The molecule has 186 valence electrons. The van der Waals surface area contributed by atoms with Crippen molar-refractivity contribution in [2.45, 2.75) is 37.8 Å². The molecule has 7 rings (SSSR count). The molecule has 12 heteroatoms. The molecule has 2 atom stereocenters. The van der Waals surface area contributed by atoms with Crippen LogP contribution in [0.3, 0.4) is 0 Å². The van der Waals surface area contributed by atoms with E-state index in [4.69, 9.17) is 16.3 Å². The average Bonchev–Trinajstić information content (AvgIpc) is 3.71. The lowest BCUT2D eigenvalue weighted by molar-refractivity contribution is -0.129. The molecule has 4 aromatic rings. The summed E-state index contributed by atoms with van der Waals surface area (Å²) in [5.74, 6) is 0.608. The zero-order chi connectivity index (χ0) is 25.1. The Morgan fingerprint density at radius 1 is 1.19 bits per heavy atom. The summed E-state index contributed by atoms with van der Waals surface area (Å²) >= 11 is 6.12. The quantitative estimate of drug-likeness (QED) is 0.438. The minimum atomic E-state index is -0.596. The number of halogens is 2. The smallest absolute Gasteiger partial charge is 0.247 e. The van der Waals surface area contributed by atoms with E-state index in [1.54, 1.807) is 18.5 Å². The standard InChI is InChI=1S/C25H20ClFN8O2/c26-17-2-4-19(34-12-30-32-33-34)22(23(17)27)13-9-14-1-3-20(35(14)21(36)10-13)24-29-11-18(31-24)15-5-7-28-25-16(15)6-8-37-25/h2,4-5,7,10-12,14,20H,1,3,6,8-9H2,(H,29,31). The van der Waals surface area contributed by atoms with E-state index < -0.39 is 5.82 Å². The van der Waals surface area contributed by atoms with Crippen molar-refractivity contribution in [1.29, 1.82) is 0 Å². The zero-order valence-electron chi connectivity index (χ0n) is 19.4. The van der Waals surface area contributed by atoms with Crippen LogP contribution in [-0.4, -0.2) is 58.6 Å². The summed E-state index contributed by atoms with van der Waals surface area (Å²) in [4.78, 5) is 27.7. The molecule has 1 aromatic carbocycles. The number of amides is 1. The Balaban J connectivity index is 1.21. The number of nitrogens with one attached hydrogen (secondary N) is 1. The number of hydrogen-bond donors (Lipinski definition) is 1. The van der Waals surface area contributed by atoms with Crippen molar-refractivity contribution in [1.82, 2.24) is 40.1 Å². The highest BCUT2D eigenvalue weighted by molar-refractivity contribution is 6.31. The number of benzene rings is 1. The summed E-state index contributed by atoms with van der Waals surface area (Å²) in [6.07, 6.45) is 9.20. The average molecular weight is 519 g/mol. The fourth-order valence-electron chi connectivity index (χ4n) is 5.69. The minimum Gasteiger partial charge on any atom is -0.477 e.